The minimum atomic E-state index is -7.95. The topological polar surface area (TPSA) is 20.2 Å². The van der Waals surface area contributed by atoms with Crippen LogP contribution in [0.4, 0.5) is 57.1 Å². The molecule has 1 atom stereocenters. The Morgan fingerprint density at radius 3 is 1.16 bits per heavy atom. The van der Waals surface area contributed by atoms with Crippen LogP contribution >= 0.6 is 0 Å². The smallest absolute Gasteiger partial charge is 0.383 e. The minimum absolute atomic E-state index is 0.0178. The first-order valence-corrected chi connectivity index (χ1v) is 9.72. The van der Waals surface area contributed by atoms with E-state index in [1.54, 1.807) is 0 Å². The molecule has 4 aliphatic carbocycles. The highest BCUT2D eigenvalue weighted by Crippen LogP contribution is 2.66. The van der Waals surface area contributed by atoms with Gasteiger partial charge in [-0.3, -0.25) is 0 Å². The van der Waals surface area contributed by atoms with E-state index in [1.807, 2.05) is 0 Å². The molecule has 1 nitrogen and oxygen atoms in total. The van der Waals surface area contributed by atoms with Crippen molar-refractivity contribution in [3.8, 4) is 0 Å². The van der Waals surface area contributed by atoms with Gasteiger partial charge < -0.3 is 5.11 Å². The summed E-state index contributed by atoms with van der Waals surface area (Å²) in [7, 11) is 0. The minimum Gasteiger partial charge on any atom is -0.383 e. The van der Waals surface area contributed by atoms with Gasteiger partial charge in [-0.25, -0.2) is 0 Å². The molecule has 14 heteroatoms. The molecule has 0 aromatic carbocycles. The molecule has 32 heavy (non-hydrogen) atoms. The van der Waals surface area contributed by atoms with Crippen LogP contribution in [0.2, 0.25) is 0 Å². The summed E-state index contributed by atoms with van der Waals surface area (Å²) in [6.45, 7) is 0.0178. The third-order valence-electron chi connectivity index (χ3n) is 7.44. The van der Waals surface area contributed by atoms with Crippen LogP contribution in [0.3, 0.4) is 0 Å². The largest absolute Gasteiger partial charge is 0.460 e. The van der Waals surface area contributed by atoms with Crippen molar-refractivity contribution < 1.29 is 62.2 Å². The van der Waals surface area contributed by atoms with E-state index in [9.17, 15) is 62.2 Å². The predicted octanol–water partition coefficient (Wildman–Crippen LogP) is 6.55. The number of halogens is 13. The van der Waals surface area contributed by atoms with Gasteiger partial charge in [0.05, 0.1) is 0 Å². The fraction of sp³-hybridized carbons (Fsp3) is 1.00. The highest BCUT2D eigenvalue weighted by atomic mass is 19.4. The lowest BCUT2D eigenvalue weighted by Gasteiger charge is -2.59. The van der Waals surface area contributed by atoms with Gasteiger partial charge in [0.15, 0.2) is 0 Å². The summed E-state index contributed by atoms with van der Waals surface area (Å²) in [5.74, 6) is -40.9. The number of alkyl halides is 13. The van der Waals surface area contributed by atoms with Gasteiger partial charge in [0.2, 0.25) is 0 Å². The molecular formula is C18H19F13O. The average molecular weight is 498 g/mol. The molecule has 1 unspecified atom stereocenters. The first kappa shape index (κ1) is 25.7. The zero-order chi connectivity index (χ0) is 24.9. The van der Waals surface area contributed by atoms with E-state index in [0.29, 0.717) is 0 Å². The van der Waals surface area contributed by atoms with Crippen LogP contribution in [0.1, 0.15) is 39.0 Å². The molecule has 1 N–H and O–H groups in total. The van der Waals surface area contributed by atoms with Crippen molar-refractivity contribution in [2.24, 2.45) is 29.6 Å². The van der Waals surface area contributed by atoms with Gasteiger partial charge in [-0.15, -0.1) is 0 Å². The molecule has 4 rings (SSSR count). The van der Waals surface area contributed by atoms with Gasteiger partial charge in [0.25, 0.3) is 0 Å². The number of hydrogen-bond acceptors (Lipinski definition) is 1. The molecule has 4 bridgehead atoms. The van der Waals surface area contributed by atoms with E-state index in [-0.39, 0.29) is 44.4 Å². The van der Waals surface area contributed by atoms with Gasteiger partial charge in [0.1, 0.15) is 5.60 Å². The van der Waals surface area contributed by atoms with Crippen molar-refractivity contribution >= 4 is 0 Å². The summed E-state index contributed by atoms with van der Waals surface area (Å²) >= 11 is 0. The van der Waals surface area contributed by atoms with E-state index in [4.69, 9.17) is 0 Å². The van der Waals surface area contributed by atoms with Gasteiger partial charge in [-0.05, 0) is 68.6 Å². The molecule has 0 aromatic rings. The molecule has 188 valence electrons. The van der Waals surface area contributed by atoms with Crippen molar-refractivity contribution in [3.05, 3.63) is 0 Å². The molecule has 0 aromatic heterocycles. The monoisotopic (exact) mass is 498 g/mol. The fourth-order valence-corrected chi connectivity index (χ4v) is 6.14. The normalized spacial score (nSPS) is 34.0. The SMILES string of the molecule is CC(O)(C1C2CC3CC(C2)CC1C3)C(F)(F)C(F)(F)C(F)(F)C(F)(F)C(F)(F)C(F)(F)F. The van der Waals surface area contributed by atoms with Crippen molar-refractivity contribution in [2.45, 2.75) is 80.4 Å². The maximum atomic E-state index is 14.8. The molecule has 4 fully saturated rings. The maximum absolute atomic E-state index is 14.8. The summed E-state index contributed by atoms with van der Waals surface area (Å²) < 4.78 is 176. The molecule has 0 radical (unpaired) electrons. The number of rotatable bonds is 6. The molecule has 4 aliphatic rings. The number of aliphatic hydroxyl groups is 1. The fourth-order valence-electron chi connectivity index (χ4n) is 6.14. The van der Waals surface area contributed by atoms with Crippen LogP contribution in [-0.4, -0.2) is 46.5 Å². The van der Waals surface area contributed by atoms with Crippen molar-refractivity contribution in [1.29, 1.82) is 0 Å². The summed E-state index contributed by atoms with van der Waals surface area (Å²) in [5, 5.41) is 10.4. The summed E-state index contributed by atoms with van der Waals surface area (Å²) in [6.07, 6.45) is -5.97. The third-order valence-corrected chi connectivity index (χ3v) is 7.44. The van der Waals surface area contributed by atoms with Crippen molar-refractivity contribution in [3.63, 3.8) is 0 Å². The highest BCUT2D eigenvalue weighted by Gasteiger charge is 2.92. The van der Waals surface area contributed by atoms with E-state index >= 15 is 0 Å². The molecule has 0 spiro atoms. The van der Waals surface area contributed by atoms with Crippen LogP contribution in [-0.2, 0) is 0 Å². The Morgan fingerprint density at radius 1 is 0.500 bits per heavy atom. The Labute approximate surface area is 173 Å². The Morgan fingerprint density at radius 2 is 0.812 bits per heavy atom. The van der Waals surface area contributed by atoms with E-state index in [2.05, 4.69) is 0 Å². The van der Waals surface area contributed by atoms with E-state index in [1.165, 1.54) is 0 Å². The number of hydrogen-bond donors (Lipinski definition) is 1. The quantitative estimate of drug-likeness (QED) is 0.412. The Hall–Kier alpha value is -0.950. The lowest BCUT2D eigenvalue weighted by Crippen LogP contribution is -2.75. The summed E-state index contributed by atoms with van der Waals surface area (Å²) in [5.41, 5.74) is -4.09. The summed E-state index contributed by atoms with van der Waals surface area (Å²) in [4.78, 5) is 0. The van der Waals surface area contributed by atoms with Gasteiger partial charge in [-0.2, -0.15) is 57.1 Å². The molecule has 0 aliphatic heterocycles. The van der Waals surface area contributed by atoms with Crippen LogP contribution in [0, 0.1) is 29.6 Å². The molecule has 0 amide bonds. The lowest BCUT2D eigenvalue weighted by molar-refractivity contribution is -0.452. The van der Waals surface area contributed by atoms with E-state index in [0.717, 1.165) is 6.42 Å². The van der Waals surface area contributed by atoms with E-state index < -0.39 is 59.1 Å². The zero-order valence-corrected chi connectivity index (χ0v) is 16.3. The van der Waals surface area contributed by atoms with Gasteiger partial charge >= 0.3 is 35.8 Å². The maximum Gasteiger partial charge on any atom is 0.460 e. The average Bonchev–Trinajstić information content (AvgIpc) is 2.58. The van der Waals surface area contributed by atoms with Crippen molar-refractivity contribution in [2.75, 3.05) is 0 Å². The molecule has 4 saturated carbocycles. The Kier molecular flexibility index (Phi) is 5.46. The zero-order valence-electron chi connectivity index (χ0n) is 16.3. The molecule has 0 heterocycles. The first-order valence-electron chi connectivity index (χ1n) is 9.72. The Bertz CT molecular complexity index is 712. The van der Waals surface area contributed by atoms with Crippen molar-refractivity contribution in [1.82, 2.24) is 0 Å². The summed E-state index contributed by atoms with van der Waals surface area (Å²) in [6, 6.07) is 0. The second kappa shape index (κ2) is 6.80. The van der Waals surface area contributed by atoms with Crippen LogP contribution in [0.25, 0.3) is 0 Å². The van der Waals surface area contributed by atoms with Crippen LogP contribution in [0.15, 0.2) is 0 Å². The first-order chi connectivity index (χ1) is 14.0. The predicted molar refractivity (Wildman–Crippen MR) is 81.9 cm³/mol. The second-order valence-corrected chi connectivity index (χ2v) is 9.47. The molecular weight excluding hydrogens is 479 g/mol. The Balaban J connectivity index is 2.02. The molecule has 0 saturated heterocycles. The van der Waals surface area contributed by atoms with Gasteiger partial charge in [-0.1, -0.05) is 0 Å². The van der Waals surface area contributed by atoms with Crippen LogP contribution in [0.5, 0.6) is 0 Å². The van der Waals surface area contributed by atoms with Gasteiger partial charge in [0, 0.05) is 0 Å². The third kappa shape index (κ3) is 3.02. The lowest BCUT2D eigenvalue weighted by atomic mass is 9.48. The van der Waals surface area contributed by atoms with Crippen LogP contribution < -0.4 is 0 Å². The highest BCUT2D eigenvalue weighted by molar-refractivity contribution is 5.17. The second-order valence-electron chi connectivity index (χ2n) is 9.47. The standard InChI is InChI=1S/C18H19F13O/c1-12(32,11-9-3-7-2-8(5-9)6-10(11)4-7)13(19,20)14(21,22)15(23,24)16(25,26)17(27,28)18(29,30)31/h7-11,32H,2-6H2,1H3.